The largest absolute Gasteiger partial charge is 0.478 e. The van der Waals surface area contributed by atoms with E-state index in [9.17, 15) is 14.7 Å². The Labute approximate surface area is 118 Å². The molecule has 0 aliphatic carbocycles. The molecular weight excluding hydrogens is 272 g/mol. The summed E-state index contributed by atoms with van der Waals surface area (Å²) in [5.74, 6) is -0.906. The summed E-state index contributed by atoms with van der Waals surface area (Å²) in [4.78, 5) is 28.9. The van der Waals surface area contributed by atoms with E-state index in [1.54, 1.807) is 18.2 Å². The molecule has 1 aromatic heterocycles. The van der Waals surface area contributed by atoms with Crippen molar-refractivity contribution in [3.05, 3.63) is 64.7 Å². The van der Waals surface area contributed by atoms with Crippen LogP contribution in [0.1, 0.15) is 10.4 Å². The van der Waals surface area contributed by atoms with E-state index < -0.39 is 5.97 Å². The van der Waals surface area contributed by atoms with Gasteiger partial charge in [-0.1, -0.05) is 30.3 Å². The van der Waals surface area contributed by atoms with Crippen molar-refractivity contribution in [1.82, 2.24) is 9.97 Å². The molecular formula is C15H10N2O4. The molecule has 0 unspecified atom stereocenters. The first kappa shape index (κ1) is 12.9. The Morgan fingerprint density at radius 2 is 2.00 bits per heavy atom. The number of nitrogens with one attached hydrogen (secondary N) is 1. The van der Waals surface area contributed by atoms with Crippen LogP contribution in [0.15, 0.2) is 53.6 Å². The Hall–Kier alpha value is -3.15. The highest BCUT2D eigenvalue weighted by molar-refractivity contribution is 6.00. The zero-order valence-electron chi connectivity index (χ0n) is 10.7. The van der Waals surface area contributed by atoms with Gasteiger partial charge in [0.1, 0.15) is 5.56 Å². The summed E-state index contributed by atoms with van der Waals surface area (Å²) in [5.41, 5.74) is -0.368. The maximum absolute atomic E-state index is 11.4. The zero-order chi connectivity index (χ0) is 14.8. The topological polar surface area (TPSA) is 92.3 Å². The predicted octanol–water partition coefficient (Wildman–Crippen LogP) is 2.41. The molecule has 21 heavy (non-hydrogen) atoms. The number of H-pyrrole nitrogens is 1. The molecule has 0 aliphatic heterocycles. The summed E-state index contributed by atoms with van der Waals surface area (Å²) < 4.78 is 5.55. The fourth-order valence-corrected chi connectivity index (χ4v) is 2.03. The van der Waals surface area contributed by atoms with Crippen LogP contribution in [0.2, 0.25) is 0 Å². The monoisotopic (exact) mass is 282 g/mol. The lowest BCUT2D eigenvalue weighted by molar-refractivity contribution is 0.0694. The molecule has 2 N–H and O–H groups in total. The van der Waals surface area contributed by atoms with E-state index in [2.05, 4.69) is 9.97 Å². The van der Waals surface area contributed by atoms with E-state index in [1.807, 2.05) is 12.1 Å². The van der Waals surface area contributed by atoms with Crippen molar-refractivity contribution >= 4 is 16.7 Å². The summed E-state index contributed by atoms with van der Waals surface area (Å²) in [6.07, 6.45) is 1.20. The van der Waals surface area contributed by atoms with Crippen LogP contribution in [-0.4, -0.2) is 21.0 Å². The number of hydrogen-bond acceptors (Lipinski definition) is 4. The quantitative estimate of drug-likeness (QED) is 0.769. The number of nitrogens with zero attached hydrogens (tertiary/aromatic N) is 1. The molecule has 0 fully saturated rings. The van der Waals surface area contributed by atoms with Crippen LogP contribution in [0.4, 0.5) is 0 Å². The summed E-state index contributed by atoms with van der Waals surface area (Å²) >= 11 is 0. The molecule has 3 rings (SSSR count). The molecule has 0 radical (unpaired) electrons. The maximum Gasteiger partial charge on any atom is 0.339 e. The molecule has 0 saturated heterocycles. The summed E-state index contributed by atoms with van der Waals surface area (Å²) in [7, 11) is 0. The van der Waals surface area contributed by atoms with Crippen molar-refractivity contribution < 1.29 is 14.6 Å². The number of benzene rings is 2. The van der Waals surface area contributed by atoms with Gasteiger partial charge in [-0.2, -0.15) is 0 Å². The lowest BCUT2D eigenvalue weighted by Crippen LogP contribution is -2.06. The van der Waals surface area contributed by atoms with Gasteiger partial charge in [0.2, 0.25) is 5.88 Å². The van der Waals surface area contributed by atoms with E-state index >= 15 is 0 Å². The summed E-state index contributed by atoms with van der Waals surface area (Å²) in [6.45, 7) is 0. The maximum atomic E-state index is 11.4. The summed E-state index contributed by atoms with van der Waals surface area (Å²) in [5, 5.41) is 10.8. The first-order chi connectivity index (χ1) is 10.1. The van der Waals surface area contributed by atoms with Gasteiger partial charge in [-0.05, 0) is 11.5 Å². The molecule has 104 valence electrons. The third-order valence-corrected chi connectivity index (χ3v) is 2.97. The van der Waals surface area contributed by atoms with E-state index in [-0.39, 0.29) is 22.8 Å². The lowest BCUT2D eigenvalue weighted by Gasteiger charge is -2.10. The van der Waals surface area contributed by atoms with Gasteiger partial charge in [-0.15, -0.1) is 0 Å². The molecule has 0 atom stereocenters. The van der Waals surface area contributed by atoms with Crippen LogP contribution in [0.5, 0.6) is 11.6 Å². The first-order valence-corrected chi connectivity index (χ1v) is 6.13. The fourth-order valence-electron chi connectivity index (χ4n) is 2.03. The molecule has 6 nitrogen and oxygen atoms in total. The minimum Gasteiger partial charge on any atom is -0.478 e. The van der Waals surface area contributed by atoms with Crippen molar-refractivity contribution in [2.24, 2.45) is 0 Å². The lowest BCUT2D eigenvalue weighted by atomic mass is 10.1. The van der Waals surface area contributed by atoms with Gasteiger partial charge >= 0.3 is 5.97 Å². The molecule has 0 aliphatic rings. The third-order valence-electron chi connectivity index (χ3n) is 2.97. The molecule has 0 saturated carbocycles. The SMILES string of the molecule is O=C(O)c1ccc2ccccc2c1Oc1cc(=O)[nH]cn1. The number of aromatic carboxylic acids is 1. The Morgan fingerprint density at radius 3 is 2.76 bits per heavy atom. The zero-order valence-corrected chi connectivity index (χ0v) is 10.7. The normalized spacial score (nSPS) is 10.5. The van der Waals surface area contributed by atoms with Gasteiger partial charge in [0, 0.05) is 5.39 Å². The van der Waals surface area contributed by atoms with Crippen molar-refractivity contribution in [3.63, 3.8) is 0 Å². The number of aromatic amines is 1. The molecule has 0 bridgehead atoms. The van der Waals surface area contributed by atoms with Gasteiger partial charge in [0.15, 0.2) is 5.75 Å². The Morgan fingerprint density at radius 1 is 1.19 bits per heavy atom. The third kappa shape index (κ3) is 2.46. The smallest absolute Gasteiger partial charge is 0.339 e. The average Bonchev–Trinajstić information content (AvgIpc) is 2.47. The Balaban J connectivity index is 2.21. The second kappa shape index (κ2) is 5.09. The molecule has 0 spiro atoms. The van der Waals surface area contributed by atoms with Crippen LogP contribution >= 0.6 is 0 Å². The number of carbonyl (C=O) groups is 1. The van der Waals surface area contributed by atoms with Gasteiger partial charge in [0.25, 0.3) is 5.56 Å². The predicted molar refractivity (Wildman–Crippen MR) is 75.8 cm³/mol. The minimum absolute atomic E-state index is 0.00998. The van der Waals surface area contributed by atoms with Crippen molar-refractivity contribution in [1.29, 1.82) is 0 Å². The highest BCUT2D eigenvalue weighted by Gasteiger charge is 2.16. The number of carboxylic acids is 1. The van der Waals surface area contributed by atoms with Crippen LogP contribution in [0.25, 0.3) is 10.8 Å². The van der Waals surface area contributed by atoms with Gasteiger partial charge in [-0.25, -0.2) is 9.78 Å². The fraction of sp³-hybridized carbons (Fsp3) is 0. The van der Waals surface area contributed by atoms with E-state index in [0.29, 0.717) is 5.39 Å². The molecule has 3 aromatic rings. The summed E-state index contributed by atoms with van der Waals surface area (Å²) in [6, 6.07) is 11.6. The van der Waals surface area contributed by atoms with Crippen LogP contribution < -0.4 is 10.3 Å². The van der Waals surface area contributed by atoms with Crippen LogP contribution in [-0.2, 0) is 0 Å². The molecule has 1 heterocycles. The Kier molecular flexibility index (Phi) is 3.12. The van der Waals surface area contributed by atoms with Crippen molar-refractivity contribution in [2.45, 2.75) is 0 Å². The highest BCUT2D eigenvalue weighted by atomic mass is 16.5. The number of hydrogen-bond donors (Lipinski definition) is 2. The van der Waals surface area contributed by atoms with Crippen molar-refractivity contribution in [2.75, 3.05) is 0 Å². The number of ether oxygens (including phenoxy) is 1. The van der Waals surface area contributed by atoms with Crippen LogP contribution in [0.3, 0.4) is 0 Å². The number of aromatic nitrogens is 2. The van der Waals surface area contributed by atoms with E-state index in [4.69, 9.17) is 4.74 Å². The molecule has 2 aromatic carbocycles. The first-order valence-electron chi connectivity index (χ1n) is 6.13. The number of carboxylic acid groups (broad SMARTS) is 1. The van der Waals surface area contributed by atoms with Gasteiger partial charge in [0.05, 0.1) is 12.4 Å². The van der Waals surface area contributed by atoms with E-state index in [1.165, 1.54) is 12.4 Å². The standard InChI is InChI=1S/C15H10N2O4/c18-12-7-13(17-8-16-12)21-14-10-4-2-1-3-9(10)5-6-11(14)15(19)20/h1-8H,(H,19,20)(H,16,17,18). The number of rotatable bonds is 3. The molecule has 0 amide bonds. The van der Waals surface area contributed by atoms with Crippen LogP contribution in [0, 0.1) is 0 Å². The minimum atomic E-state index is -1.11. The van der Waals surface area contributed by atoms with Gasteiger partial charge < -0.3 is 14.8 Å². The van der Waals surface area contributed by atoms with Crippen molar-refractivity contribution in [3.8, 4) is 11.6 Å². The second-order valence-electron chi connectivity index (χ2n) is 4.32. The molecule has 6 heteroatoms. The highest BCUT2D eigenvalue weighted by Crippen LogP contribution is 2.32. The Bertz CT molecular complexity index is 886. The average molecular weight is 282 g/mol. The van der Waals surface area contributed by atoms with E-state index in [0.717, 1.165) is 11.5 Å². The second-order valence-corrected chi connectivity index (χ2v) is 4.32. The van der Waals surface area contributed by atoms with Gasteiger partial charge in [-0.3, -0.25) is 4.79 Å². The number of fused-ring (bicyclic) bond motifs is 1.